The molecule has 6 bridgehead atoms. The van der Waals surface area contributed by atoms with Crippen molar-refractivity contribution in [3.63, 3.8) is 0 Å². The maximum Gasteiger partial charge on any atom is 0.406 e. The smallest absolute Gasteiger partial charge is 0.406 e. The Bertz CT molecular complexity index is 2680. The molecule has 70 heavy (non-hydrogen) atoms. The number of likely N-dealkylation sites (N-methyl/N-ethyl adjacent to an activating group) is 1. The molecule has 8 rings (SSSR count). The van der Waals surface area contributed by atoms with Crippen molar-refractivity contribution in [3.8, 4) is 22.5 Å². The number of halogens is 3. The fraction of sp³-hybridized carbons (Fsp3) is 0.540. The highest BCUT2D eigenvalue weighted by atomic mass is 32.1. The monoisotopic (exact) mass is 989 g/mol. The number of amides is 5. The molecule has 3 saturated heterocycles. The van der Waals surface area contributed by atoms with E-state index >= 15 is 0 Å². The Morgan fingerprint density at radius 3 is 2.56 bits per heavy atom. The molecule has 3 aromatic heterocycles. The highest BCUT2D eigenvalue weighted by Crippen LogP contribution is 2.44. The number of likely N-dealkylation sites (tertiary alicyclic amines) is 2. The highest BCUT2D eigenvalue weighted by molar-refractivity contribution is 7.10. The molecule has 1 aromatic carbocycles. The molecule has 0 radical (unpaired) electrons. The van der Waals surface area contributed by atoms with E-state index in [4.69, 9.17) is 14.5 Å². The van der Waals surface area contributed by atoms with Crippen molar-refractivity contribution < 1.29 is 46.6 Å². The normalized spacial score (nSPS) is 21.3. The van der Waals surface area contributed by atoms with Crippen molar-refractivity contribution >= 4 is 52.0 Å². The number of hydrogen-bond donors (Lipinski definition) is 2. The van der Waals surface area contributed by atoms with Gasteiger partial charge >= 0.3 is 18.2 Å². The second-order valence-corrected chi connectivity index (χ2v) is 21.3. The number of alkyl halides is 3. The number of ether oxygens (including phenoxy) is 2. The Balaban J connectivity index is 1.15. The summed E-state index contributed by atoms with van der Waals surface area (Å²) in [6, 6.07) is 5.22. The predicted octanol–water partition coefficient (Wildman–Crippen LogP) is 6.54. The summed E-state index contributed by atoms with van der Waals surface area (Å²) >= 11 is 1.27. The average Bonchev–Trinajstić information content (AvgIpc) is 4.05. The number of urea groups is 1. The number of methoxy groups -OCH3 is 1. The van der Waals surface area contributed by atoms with E-state index in [1.54, 1.807) is 54.2 Å². The lowest BCUT2D eigenvalue weighted by atomic mass is 9.79. The van der Waals surface area contributed by atoms with Crippen molar-refractivity contribution in [2.24, 2.45) is 16.7 Å². The zero-order chi connectivity index (χ0) is 50.4. The third kappa shape index (κ3) is 10.3. The van der Waals surface area contributed by atoms with Crippen molar-refractivity contribution in [3.05, 3.63) is 70.8 Å². The fourth-order valence-electron chi connectivity index (χ4n) is 10.5. The van der Waals surface area contributed by atoms with Crippen LogP contribution in [0.15, 0.2) is 54.6 Å². The summed E-state index contributed by atoms with van der Waals surface area (Å²) in [5.41, 5.74) is 5.39. The third-order valence-corrected chi connectivity index (χ3v) is 14.9. The largest absolute Gasteiger partial charge is 0.464 e. The molecule has 20 heteroatoms. The van der Waals surface area contributed by atoms with Crippen LogP contribution in [0.4, 0.5) is 18.0 Å². The summed E-state index contributed by atoms with van der Waals surface area (Å²) in [5.74, 6) is -2.17. The molecule has 2 N–H and O–H groups in total. The maximum absolute atomic E-state index is 14.7. The first-order chi connectivity index (χ1) is 33.1. The van der Waals surface area contributed by atoms with Crippen molar-refractivity contribution in [1.29, 1.82) is 0 Å². The van der Waals surface area contributed by atoms with Crippen LogP contribution in [0.5, 0.6) is 0 Å². The topological polar surface area (TPSA) is 172 Å². The molecule has 376 valence electrons. The van der Waals surface area contributed by atoms with Gasteiger partial charge in [-0.2, -0.15) is 13.2 Å². The van der Waals surface area contributed by atoms with Gasteiger partial charge in [-0.1, -0.05) is 40.3 Å². The molecular weight excluding hydrogens is 928 g/mol. The summed E-state index contributed by atoms with van der Waals surface area (Å²) in [6.07, 6.45) is -0.559. The first-order valence-corrected chi connectivity index (χ1v) is 24.6. The Labute approximate surface area is 409 Å². The molecule has 4 aliphatic rings. The molecule has 1 unspecified atom stereocenters. The Morgan fingerprint density at radius 1 is 1.11 bits per heavy atom. The first kappa shape index (κ1) is 50.5. The SMILES string of the molecule is C=CC(=O)N1CCC2(C1)CN(C(=O)N(C)C(C(=O)N[C@H]1Cc3nc(cs3)-c3ccc4c(c3)c(c(-c3cccnc3[C@H](C)OC)n4CC(F)(F)F)CC(C)(C)COC(=O)[C@@H]3CCCN(N3)C1=O)C(C)C)C2. The first-order valence-electron chi connectivity index (χ1n) is 23.7. The van der Waals surface area contributed by atoms with E-state index < -0.39 is 60.1 Å². The van der Waals surface area contributed by atoms with Crippen molar-refractivity contribution in [1.82, 2.24) is 45.0 Å². The number of rotatable bonds is 9. The number of aromatic nitrogens is 3. The van der Waals surface area contributed by atoms with Gasteiger partial charge in [0.2, 0.25) is 11.8 Å². The molecule has 4 aromatic rings. The molecule has 0 saturated carbocycles. The average molecular weight is 990 g/mol. The molecule has 5 amide bonds. The second kappa shape index (κ2) is 19.7. The van der Waals surface area contributed by atoms with Crippen LogP contribution >= 0.6 is 11.3 Å². The number of nitrogens with one attached hydrogen (secondary N) is 2. The summed E-state index contributed by atoms with van der Waals surface area (Å²) < 4.78 is 56.9. The van der Waals surface area contributed by atoms with Gasteiger partial charge in [-0.3, -0.25) is 29.2 Å². The highest BCUT2D eigenvalue weighted by Gasteiger charge is 2.51. The minimum absolute atomic E-state index is 0.0468. The van der Waals surface area contributed by atoms with Gasteiger partial charge in [-0.25, -0.2) is 15.2 Å². The third-order valence-electron chi connectivity index (χ3n) is 14.0. The van der Waals surface area contributed by atoms with Crippen molar-refractivity contribution in [2.45, 2.75) is 104 Å². The van der Waals surface area contributed by atoms with Crippen LogP contribution in [0, 0.1) is 16.7 Å². The number of nitrogens with zero attached hydrogens (tertiary/aromatic N) is 7. The molecule has 4 atom stereocenters. The van der Waals surface area contributed by atoms with Crippen LogP contribution in [0.1, 0.15) is 76.3 Å². The van der Waals surface area contributed by atoms with Crippen molar-refractivity contribution in [2.75, 3.05) is 53.5 Å². The Morgan fingerprint density at radius 2 is 1.86 bits per heavy atom. The maximum atomic E-state index is 14.7. The molecular formula is C50H62F3N9O7S. The van der Waals surface area contributed by atoms with E-state index in [0.717, 1.165) is 6.42 Å². The number of carbonyl (C=O) groups excluding carboxylic acids is 5. The second-order valence-electron chi connectivity index (χ2n) is 20.4. The molecule has 3 fully saturated rings. The van der Waals surface area contributed by atoms with E-state index in [2.05, 4.69) is 22.3 Å². The molecule has 4 aliphatic heterocycles. The number of hydrogen-bond acceptors (Lipinski definition) is 11. The molecule has 0 aliphatic carbocycles. The van der Waals surface area contributed by atoms with Gasteiger partial charge in [0.15, 0.2) is 0 Å². The van der Waals surface area contributed by atoms with E-state index in [-0.39, 0.29) is 49.3 Å². The number of fused-ring (bicyclic) bond motifs is 6. The van der Waals surface area contributed by atoms with Crippen LogP contribution < -0.4 is 10.7 Å². The standard InChI is InChI=1S/C50H62F3N9O7S/c1-9-40(63)59-19-16-49(24-59)25-60(26-49)47(67)58(7)42(29(2)3)44(64)56-36-21-39-55-37(23-70-39)31-14-15-38-33(20-31)34(22-48(5,6)28-69-46(66)35-13-11-18-62(57-35)45(36)65)43(61(38)27-50(51,52)53)32-12-10-17-54-41(32)30(4)68-8/h9-10,12,14-15,17,20,23,29-30,35-36,42,57H,1,11,13,16,18-19,21-22,24-28H2,2-8H3,(H,56,64)/t30-,35-,36-,42?/m0/s1. The van der Waals surface area contributed by atoms with Crippen LogP contribution in [-0.4, -0.2) is 142 Å². The number of benzene rings is 1. The lowest BCUT2D eigenvalue weighted by molar-refractivity contribution is -0.155. The number of hydrazine groups is 1. The fourth-order valence-corrected chi connectivity index (χ4v) is 11.4. The van der Waals surface area contributed by atoms with E-state index in [0.29, 0.717) is 88.7 Å². The van der Waals surface area contributed by atoms with Gasteiger partial charge in [-0.05, 0) is 74.4 Å². The lowest BCUT2D eigenvalue weighted by Gasteiger charge is -2.49. The molecule has 16 nitrogen and oxygen atoms in total. The van der Waals surface area contributed by atoms with E-state index in [1.807, 2.05) is 39.1 Å². The van der Waals surface area contributed by atoms with Gasteiger partial charge < -0.3 is 34.1 Å². The van der Waals surface area contributed by atoms with Crippen LogP contribution in [0.3, 0.4) is 0 Å². The van der Waals surface area contributed by atoms with Gasteiger partial charge in [0.1, 0.15) is 24.7 Å². The Hall–Kier alpha value is -5.86. The quantitative estimate of drug-likeness (QED) is 0.139. The zero-order valence-electron chi connectivity index (χ0n) is 40.7. The number of cyclic esters (lactones) is 1. The number of carbonyl (C=O) groups is 5. The summed E-state index contributed by atoms with van der Waals surface area (Å²) in [6.45, 7) is 13.6. The minimum atomic E-state index is -4.59. The van der Waals surface area contributed by atoms with Gasteiger partial charge in [0.25, 0.3) is 5.91 Å². The number of esters is 1. The molecule has 1 spiro atoms. The summed E-state index contributed by atoms with van der Waals surface area (Å²) in [5, 5.41) is 7.16. The van der Waals surface area contributed by atoms with Gasteiger partial charge in [-0.15, -0.1) is 11.3 Å². The lowest BCUT2D eigenvalue weighted by Crippen LogP contribution is -2.65. The van der Waals surface area contributed by atoms with Gasteiger partial charge in [0.05, 0.1) is 34.8 Å². The summed E-state index contributed by atoms with van der Waals surface area (Å²) in [7, 11) is 3.08. The Kier molecular flexibility index (Phi) is 14.2. The molecule has 7 heterocycles. The van der Waals surface area contributed by atoms with Crippen LogP contribution in [0.2, 0.25) is 0 Å². The van der Waals surface area contributed by atoms with E-state index in [9.17, 15) is 37.1 Å². The van der Waals surface area contributed by atoms with Gasteiger partial charge in [0, 0.05) is 97.7 Å². The number of thiazole rings is 1. The predicted molar refractivity (Wildman–Crippen MR) is 257 cm³/mol. The van der Waals surface area contributed by atoms with Crippen LogP contribution in [0.25, 0.3) is 33.4 Å². The minimum Gasteiger partial charge on any atom is -0.464 e. The number of pyridine rings is 1. The van der Waals surface area contributed by atoms with Crippen LogP contribution in [-0.2, 0) is 48.0 Å². The van der Waals surface area contributed by atoms with E-state index in [1.165, 1.54) is 39.0 Å². The summed E-state index contributed by atoms with van der Waals surface area (Å²) in [4.78, 5) is 83.6. The zero-order valence-corrected chi connectivity index (χ0v) is 41.5.